The number of para-hydroxylation sites is 1. The number of nitrogens with one attached hydrogen (secondary N) is 1. The first kappa shape index (κ1) is 21.8. The summed E-state index contributed by atoms with van der Waals surface area (Å²) < 4.78 is 5.36. The molecule has 0 spiro atoms. The topological polar surface area (TPSA) is 92.8 Å². The van der Waals surface area contributed by atoms with Gasteiger partial charge in [0.1, 0.15) is 6.04 Å². The highest BCUT2D eigenvalue weighted by atomic mass is 16.5. The van der Waals surface area contributed by atoms with Crippen LogP contribution in [-0.4, -0.2) is 41.2 Å². The number of esters is 1. The number of allylic oxidation sites excluding steroid dienone is 2. The molecule has 7 heteroatoms. The first-order valence-corrected chi connectivity index (χ1v) is 12.1. The third-order valence-electron chi connectivity index (χ3n) is 7.96. The zero-order valence-corrected chi connectivity index (χ0v) is 19.1. The normalized spacial score (nSPS) is 30.5. The van der Waals surface area contributed by atoms with E-state index in [2.05, 4.69) is 17.5 Å². The molecule has 1 N–H and O–H groups in total. The Kier molecular flexibility index (Phi) is 5.28. The number of imide groups is 1. The Morgan fingerprint density at radius 3 is 2.06 bits per heavy atom. The molecule has 5 aliphatic rings. The lowest BCUT2D eigenvalue weighted by molar-refractivity contribution is -0.160. The molecule has 7 atom stereocenters. The Labute approximate surface area is 203 Å². The second-order valence-corrected chi connectivity index (χ2v) is 9.93. The summed E-state index contributed by atoms with van der Waals surface area (Å²) in [6.07, 6.45) is 5.43. The maximum Gasteiger partial charge on any atom is 0.330 e. The number of likely N-dealkylation sites (tertiary alicyclic amines) is 1. The molecule has 7 rings (SSSR count). The average Bonchev–Trinajstić information content (AvgIpc) is 3.66. The predicted molar refractivity (Wildman–Crippen MR) is 127 cm³/mol. The van der Waals surface area contributed by atoms with Crippen molar-refractivity contribution in [1.82, 2.24) is 4.90 Å². The molecule has 3 fully saturated rings. The van der Waals surface area contributed by atoms with Crippen molar-refractivity contribution in [3.63, 3.8) is 0 Å². The summed E-state index contributed by atoms with van der Waals surface area (Å²) in [4.78, 5) is 54.0. The van der Waals surface area contributed by atoms with Crippen LogP contribution < -0.4 is 5.32 Å². The van der Waals surface area contributed by atoms with Crippen molar-refractivity contribution in [1.29, 1.82) is 0 Å². The van der Waals surface area contributed by atoms with Crippen LogP contribution in [0.4, 0.5) is 5.69 Å². The van der Waals surface area contributed by atoms with Gasteiger partial charge in [0, 0.05) is 12.1 Å². The van der Waals surface area contributed by atoms with Crippen molar-refractivity contribution in [3.8, 4) is 0 Å². The van der Waals surface area contributed by atoms with Crippen molar-refractivity contribution in [3.05, 3.63) is 78.4 Å². The van der Waals surface area contributed by atoms with Crippen molar-refractivity contribution in [2.75, 3.05) is 11.9 Å². The van der Waals surface area contributed by atoms with Crippen LogP contribution in [-0.2, 0) is 30.3 Å². The molecular weight excluding hydrogens is 444 g/mol. The lowest BCUT2D eigenvalue weighted by Crippen LogP contribution is -2.48. The number of amides is 3. The van der Waals surface area contributed by atoms with Crippen LogP contribution >= 0.6 is 0 Å². The minimum atomic E-state index is -1.11. The number of hydrogen-bond acceptors (Lipinski definition) is 5. The fraction of sp³-hybridized carbons (Fsp3) is 0.357. The highest BCUT2D eigenvalue weighted by Gasteiger charge is 2.68. The van der Waals surface area contributed by atoms with E-state index < -0.39 is 36.4 Å². The van der Waals surface area contributed by atoms with E-state index in [-0.39, 0.29) is 30.1 Å². The van der Waals surface area contributed by atoms with Crippen molar-refractivity contribution < 1.29 is 23.9 Å². The maximum atomic E-state index is 13.6. The van der Waals surface area contributed by atoms with Gasteiger partial charge in [-0.25, -0.2) is 4.79 Å². The number of ether oxygens (including phenoxy) is 1. The SMILES string of the molecule is O=C(COC(=O)[C@H](Cc1ccccc1)N1C(=O)[C@H]2[C@@H]3C=C[C@H]([C@@H]4C[C@H]34)[C@@H]2C1=O)Nc1ccccc1. The van der Waals surface area contributed by atoms with Gasteiger partial charge in [0.05, 0.1) is 11.8 Å². The van der Waals surface area contributed by atoms with E-state index in [0.29, 0.717) is 17.5 Å². The molecule has 2 aromatic carbocycles. The minimum absolute atomic E-state index is 0.0708. The molecule has 7 nitrogen and oxygen atoms in total. The molecule has 35 heavy (non-hydrogen) atoms. The lowest BCUT2D eigenvalue weighted by Gasteiger charge is -2.37. The van der Waals surface area contributed by atoms with Crippen LogP contribution in [0.2, 0.25) is 0 Å². The van der Waals surface area contributed by atoms with Crippen molar-refractivity contribution in [2.24, 2.45) is 35.5 Å². The summed E-state index contributed by atoms with van der Waals surface area (Å²) in [6.45, 7) is -0.501. The van der Waals surface area contributed by atoms with E-state index in [1.165, 1.54) is 0 Å². The molecule has 0 unspecified atom stereocenters. The fourth-order valence-electron chi connectivity index (χ4n) is 6.36. The molecule has 2 bridgehead atoms. The third-order valence-corrected chi connectivity index (χ3v) is 7.96. The summed E-state index contributed by atoms with van der Waals surface area (Å²) in [6, 6.07) is 17.0. The number of hydrogen-bond donors (Lipinski definition) is 1. The summed E-state index contributed by atoms with van der Waals surface area (Å²) in [5.74, 6) is -1.49. The van der Waals surface area contributed by atoms with Gasteiger partial charge in [-0.15, -0.1) is 0 Å². The van der Waals surface area contributed by atoms with E-state index in [1.807, 2.05) is 36.4 Å². The van der Waals surface area contributed by atoms with E-state index in [9.17, 15) is 19.2 Å². The first-order valence-electron chi connectivity index (χ1n) is 12.1. The zero-order chi connectivity index (χ0) is 24.1. The van der Waals surface area contributed by atoms with Crippen LogP contribution in [0.1, 0.15) is 12.0 Å². The predicted octanol–water partition coefficient (Wildman–Crippen LogP) is 2.83. The molecule has 0 radical (unpaired) electrons. The van der Waals surface area contributed by atoms with Crippen molar-refractivity contribution in [2.45, 2.75) is 18.9 Å². The van der Waals surface area contributed by atoms with Crippen molar-refractivity contribution >= 4 is 29.4 Å². The second kappa shape index (κ2) is 8.48. The highest BCUT2D eigenvalue weighted by molar-refractivity contribution is 6.09. The van der Waals surface area contributed by atoms with Gasteiger partial charge in [-0.05, 0) is 47.8 Å². The number of benzene rings is 2. The number of rotatable bonds is 7. The molecule has 1 aliphatic heterocycles. The largest absolute Gasteiger partial charge is 0.454 e. The first-order chi connectivity index (χ1) is 17.0. The molecule has 4 aliphatic carbocycles. The summed E-state index contributed by atoms with van der Waals surface area (Å²) in [5.41, 5.74) is 1.40. The van der Waals surface area contributed by atoms with Gasteiger partial charge in [-0.1, -0.05) is 60.7 Å². The number of nitrogens with zero attached hydrogens (tertiary/aromatic N) is 1. The quantitative estimate of drug-likeness (QED) is 0.382. The lowest BCUT2D eigenvalue weighted by atomic mass is 9.63. The Hall–Kier alpha value is -3.74. The molecule has 2 aromatic rings. The monoisotopic (exact) mass is 470 g/mol. The van der Waals surface area contributed by atoms with Crippen LogP contribution in [0, 0.1) is 35.5 Å². The van der Waals surface area contributed by atoms with E-state index in [0.717, 1.165) is 16.9 Å². The molecule has 178 valence electrons. The summed E-state index contributed by atoms with van der Waals surface area (Å²) in [7, 11) is 0. The molecule has 0 aromatic heterocycles. The van der Waals surface area contributed by atoms with Gasteiger partial charge in [0.2, 0.25) is 11.8 Å². The number of carbonyl (C=O) groups is 4. The molecular formula is C28H26N2O5. The van der Waals surface area contributed by atoms with Gasteiger partial charge < -0.3 is 10.1 Å². The molecule has 2 saturated carbocycles. The highest BCUT2D eigenvalue weighted by Crippen LogP contribution is 2.65. The van der Waals surface area contributed by atoms with Crippen LogP contribution in [0.5, 0.6) is 0 Å². The molecule has 1 saturated heterocycles. The van der Waals surface area contributed by atoms with Crippen LogP contribution in [0.25, 0.3) is 0 Å². The maximum absolute atomic E-state index is 13.6. The van der Waals surface area contributed by atoms with Gasteiger partial charge in [0.25, 0.3) is 5.91 Å². The summed E-state index contributed by atoms with van der Waals surface area (Å²) >= 11 is 0. The Bertz CT molecular complexity index is 1170. The van der Waals surface area contributed by atoms with Crippen LogP contribution in [0.15, 0.2) is 72.8 Å². The Morgan fingerprint density at radius 2 is 1.46 bits per heavy atom. The van der Waals surface area contributed by atoms with Gasteiger partial charge in [-0.3, -0.25) is 19.3 Å². The third kappa shape index (κ3) is 3.75. The smallest absolute Gasteiger partial charge is 0.330 e. The average molecular weight is 471 g/mol. The Morgan fingerprint density at radius 1 is 0.886 bits per heavy atom. The fourth-order valence-corrected chi connectivity index (χ4v) is 6.36. The van der Waals surface area contributed by atoms with E-state index in [4.69, 9.17) is 4.74 Å². The standard InChI is InChI=1S/C28H26N2O5/c31-23(29-17-9-5-2-6-10-17)15-35-28(34)22(13-16-7-3-1-4-8-16)30-26(32)24-18-11-12-19(21-14-20(18)21)25(24)27(30)33/h1-12,18-22,24-25H,13-15H2,(H,29,31)/t18-,19-,20-,21+,22+,24+,25+/m1/s1. The van der Waals surface area contributed by atoms with E-state index >= 15 is 0 Å². The minimum Gasteiger partial charge on any atom is -0.454 e. The zero-order valence-electron chi connectivity index (χ0n) is 19.1. The van der Waals surface area contributed by atoms with Gasteiger partial charge in [-0.2, -0.15) is 0 Å². The number of anilines is 1. The number of carbonyl (C=O) groups excluding carboxylic acids is 4. The Balaban J connectivity index is 1.22. The van der Waals surface area contributed by atoms with Gasteiger partial charge in [0.15, 0.2) is 6.61 Å². The molecule has 1 heterocycles. The van der Waals surface area contributed by atoms with E-state index in [1.54, 1.807) is 24.3 Å². The van der Waals surface area contributed by atoms with Gasteiger partial charge >= 0.3 is 5.97 Å². The second-order valence-electron chi connectivity index (χ2n) is 9.93. The molecule has 3 amide bonds. The van der Waals surface area contributed by atoms with Crippen LogP contribution in [0.3, 0.4) is 0 Å². The summed E-state index contributed by atoms with van der Waals surface area (Å²) in [5, 5.41) is 2.67.